The van der Waals surface area contributed by atoms with E-state index < -0.39 is 0 Å². The molecule has 2 fully saturated rings. The number of fused-ring (bicyclic) bond motifs is 1. The molecule has 1 saturated heterocycles. The average molecular weight is 272 g/mol. The maximum atomic E-state index is 12.1. The molecule has 108 valence electrons. The Morgan fingerprint density at radius 3 is 2.65 bits per heavy atom. The van der Waals surface area contributed by atoms with E-state index in [9.17, 15) is 4.79 Å². The van der Waals surface area contributed by atoms with E-state index in [1.54, 1.807) is 0 Å². The number of amides is 1. The fraction of sp³-hybridized carbons (Fsp3) is 0.588. The van der Waals surface area contributed by atoms with Gasteiger partial charge in [0.15, 0.2) is 0 Å². The van der Waals surface area contributed by atoms with Crippen LogP contribution in [0, 0.1) is 11.8 Å². The molecule has 1 aromatic rings. The maximum Gasteiger partial charge on any atom is 0.238 e. The van der Waals surface area contributed by atoms with Crippen molar-refractivity contribution in [2.45, 2.75) is 32.1 Å². The number of nitrogens with one attached hydrogen (secondary N) is 1. The van der Waals surface area contributed by atoms with Crippen LogP contribution in [0.1, 0.15) is 32.1 Å². The van der Waals surface area contributed by atoms with Crippen molar-refractivity contribution in [3.05, 3.63) is 30.3 Å². The number of piperidine rings is 1. The minimum Gasteiger partial charge on any atom is -0.325 e. The van der Waals surface area contributed by atoms with Crippen LogP contribution in [0.5, 0.6) is 0 Å². The first-order valence-corrected chi connectivity index (χ1v) is 7.88. The number of hydrogen-bond donors (Lipinski definition) is 1. The molecule has 0 radical (unpaired) electrons. The topological polar surface area (TPSA) is 32.3 Å². The van der Waals surface area contributed by atoms with E-state index >= 15 is 0 Å². The van der Waals surface area contributed by atoms with E-state index in [1.165, 1.54) is 32.1 Å². The van der Waals surface area contributed by atoms with Gasteiger partial charge in [0, 0.05) is 12.2 Å². The van der Waals surface area contributed by atoms with Gasteiger partial charge in [0.05, 0.1) is 6.54 Å². The first kappa shape index (κ1) is 13.6. The van der Waals surface area contributed by atoms with Crippen molar-refractivity contribution in [2.24, 2.45) is 11.8 Å². The summed E-state index contributed by atoms with van der Waals surface area (Å²) in [5.74, 6) is 1.88. The van der Waals surface area contributed by atoms with E-state index in [2.05, 4.69) is 10.2 Å². The minimum absolute atomic E-state index is 0.116. The molecule has 1 aromatic carbocycles. The highest BCUT2D eigenvalue weighted by Gasteiger charge is 2.31. The lowest BCUT2D eigenvalue weighted by Gasteiger charge is -2.41. The Labute approximate surface area is 121 Å². The highest BCUT2D eigenvalue weighted by atomic mass is 16.2. The Hall–Kier alpha value is -1.35. The zero-order chi connectivity index (χ0) is 13.8. The zero-order valence-electron chi connectivity index (χ0n) is 12.1. The summed E-state index contributed by atoms with van der Waals surface area (Å²) in [5.41, 5.74) is 0.894. The van der Waals surface area contributed by atoms with Gasteiger partial charge in [-0.25, -0.2) is 0 Å². The van der Waals surface area contributed by atoms with Crippen molar-refractivity contribution in [3.63, 3.8) is 0 Å². The molecule has 2 unspecified atom stereocenters. The van der Waals surface area contributed by atoms with E-state index in [0.717, 1.165) is 30.6 Å². The lowest BCUT2D eigenvalue weighted by molar-refractivity contribution is -0.118. The molecule has 1 saturated carbocycles. The number of carbonyl (C=O) groups excluding carboxylic acids is 1. The van der Waals surface area contributed by atoms with Gasteiger partial charge in [-0.15, -0.1) is 0 Å². The lowest BCUT2D eigenvalue weighted by atomic mass is 9.75. The summed E-state index contributed by atoms with van der Waals surface area (Å²) >= 11 is 0. The third-order valence-corrected chi connectivity index (χ3v) is 4.80. The number of hydrogen-bond acceptors (Lipinski definition) is 2. The summed E-state index contributed by atoms with van der Waals surface area (Å²) in [5, 5.41) is 2.98. The molecule has 2 aliphatic rings. The maximum absolute atomic E-state index is 12.1. The Bertz CT molecular complexity index is 446. The van der Waals surface area contributed by atoms with Crippen LogP contribution in [-0.2, 0) is 4.79 Å². The summed E-state index contributed by atoms with van der Waals surface area (Å²) in [4.78, 5) is 14.4. The zero-order valence-corrected chi connectivity index (χ0v) is 12.1. The fourth-order valence-corrected chi connectivity index (χ4v) is 3.74. The number of carbonyl (C=O) groups is 1. The number of benzene rings is 1. The SMILES string of the molecule is O=C(CN1CCC2CCCCC2C1)Nc1ccccc1. The first-order chi connectivity index (χ1) is 9.81. The molecule has 1 aliphatic carbocycles. The third-order valence-electron chi connectivity index (χ3n) is 4.80. The number of nitrogens with zero attached hydrogens (tertiary/aromatic N) is 1. The van der Waals surface area contributed by atoms with E-state index in [1.807, 2.05) is 30.3 Å². The van der Waals surface area contributed by atoms with Gasteiger partial charge in [-0.2, -0.15) is 0 Å². The Morgan fingerprint density at radius 2 is 1.85 bits per heavy atom. The number of para-hydroxylation sites is 1. The fourth-order valence-electron chi connectivity index (χ4n) is 3.74. The summed E-state index contributed by atoms with van der Waals surface area (Å²) in [6.07, 6.45) is 6.85. The van der Waals surface area contributed by atoms with Crippen LogP contribution in [-0.4, -0.2) is 30.4 Å². The summed E-state index contributed by atoms with van der Waals surface area (Å²) in [6.45, 7) is 2.74. The predicted octanol–water partition coefficient (Wildman–Crippen LogP) is 3.14. The van der Waals surface area contributed by atoms with Crippen LogP contribution in [0.3, 0.4) is 0 Å². The van der Waals surface area contributed by atoms with Crippen molar-refractivity contribution >= 4 is 11.6 Å². The smallest absolute Gasteiger partial charge is 0.238 e. The van der Waals surface area contributed by atoms with Crippen LogP contribution >= 0.6 is 0 Å². The summed E-state index contributed by atoms with van der Waals surface area (Å²) in [7, 11) is 0. The molecule has 0 aromatic heterocycles. The number of rotatable bonds is 3. The highest BCUT2D eigenvalue weighted by molar-refractivity contribution is 5.92. The van der Waals surface area contributed by atoms with Gasteiger partial charge < -0.3 is 5.32 Å². The van der Waals surface area contributed by atoms with Gasteiger partial charge in [-0.05, 0) is 43.4 Å². The molecule has 20 heavy (non-hydrogen) atoms. The molecular weight excluding hydrogens is 248 g/mol. The number of likely N-dealkylation sites (tertiary alicyclic amines) is 1. The van der Waals surface area contributed by atoms with Gasteiger partial charge in [0.1, 0.15) is 0 Å². The van der Waals surface area contributed by atoms with Gasteiger partial charge in [0.25, 0.3) is 0 Å². The van der Waals surface area contributed by atoms with E-state index in [0.29, 0.717) is 6.54 Å². The lowest BCUT2D eigenvalue weighted by Crippen LogP contribution is -2.44. The van der Waals surface area contributed by atoms with E-state index in [-0.39, 0.29) is 5.91 Å². The number of anilines is 1. The normalized spacial score (nSPS) is 26.8. The monoisotopic (exact) mass is 272 g/mol. The highest BCUT2D eigenvalue weighted by Crippen LogP contribution is 2.35. The van der Waals surface area contributed by atoms with Gasteiger partial charge in [-0.3, -0.25) is 9.69 Å². The van der Waals surface area contributed by atoms with Crippen molar-refractivity contribution in [3.8, 4) is 0 Å². The van der Waals surface area contributed by atoms with Crippen molar-refractivity contribution < 1.29 is 4.79 Å². The Balaban J connectivity index is 1.49. The first-order valence-electron chi connectivity index (χ1n) is 7.88. The molecule has 2 atom stereocenters. The predicted molar refractivity (Wildman–Crippen MR) is 81.6 cm³/mol. The molecule has 1 heterocycles. The van der Waals surface area contributed by atoms with Gasteiger partial charge in [0.2, 0.25) is 5.91 Å². The van der Waals surface area contributed by atoms with E-state index in [4.69, 9.17) is 0 Å². The standard InChI is InChI=1S/C17H24N2O/c20-17(18-16-8-2-1-3-9-16)13-19-11-10-14-6-4-5-7-15(14)12-19/h1-3,8-9,14-15H,4-7,10-13H2,(H,18,20). The second kappa shape index (κ2) is 6.40. The van der Waals surface area contributed by atoms with Crippen molar-refractivity contribution in [2.75, 3.05) is 25.0 Å². The van der Waals surface area contributed by atoms with Crippen LogP contribution in [0.2, 0.25) is 0 Å². The third kappa shape index (κ3) is 3.40. The van der Waals surface area contributed by atoms with Crippen LogP contribution < -0.4 is 5.32 Å². The largest absolute Gasteiger partial charge is 0.325 e. The van der Waals surface area contributed by atoms with Crippen LogP contribution in [0.4, 0.5) is 5.69 Å². The molecule has 1 N–H and O–H groups in total. The van der Waals surface area contributed by atoms with Crippen molar-refractivity contribution in [1.82, 2.24) is 4.90 Å². The van der Waals surface area contributed by atoms with Crippen LogP contribution in [0.25, 0.3) is 0 Å². The van der Waals surface area contributed by atoms with Crippen LogP contribution in [0.15, 0.2) is 30.3 Å². The molecule has 1 amide bonds. The Kier molecular flexibility index (Phi) is 4.36. The average Bonchev–Trinajstić information content (AvgIpc) is 2.48. The second-order valence-corrected chi connectivity index (χ2v) is 6.24. The Morgan fingerprint density at radius 1 is 1.10 bits per heavy atom. The molecule has 3 rings (SSSR count). The molecular formula is C17H24N2O. The molecule has 1 aliphatic heterocycles. The van der Waals surface area contributed by atoms with Crippen molar-refractivity contribution in [1.29, 1.82) is 0 Å². The minimum atomic E-state index is 0.116. The summed E-state index contributed by atoms with van der Waals surface area (Å²) < 4.78 is 0. The van der Waals surface area contributed by atoms with Gasteiger partial charge >= 0.3 is 0 Å². The summed E-state index contributed by atoms with van der Waals surface area (Å²) in [6, 6.07) is 9.73. The van der Waals surface area contributed by atoms with Gasteiger partial charge in [-0.1, -0.05) is 37.5 Å². The second-order valence-electron chi connectivity index (χ2n) is 6.24. The quantitative estimate of drug-likeness (QED) is 0.917. The molecule has 3 nitrogen and oxygen atoms in total. The molecule has 3 heteroatoms. The molecule has 0 spiro atoms. The molecule has 0 bridgehead atoms.